The van der Waals surface area contributed by atoms with E-state index in [1.165, 1.54) is 0 Å². The van der Waals surface area contributed by atoms with Gasteiger partial charge in [0.25, 0.3) is 0 Å². The van der Waals surface area contributed by atoms with Crippen LogP contribution in [0.2, 0.25) is 0 Å². The number of rotatable bonds is 7. The van der Waals surface area contributed by atoms with Crippen LogP contribution in [0.15, 0.2) is 24.4 Å². The quantitative estimate of drug-likeness (QED) is 0.742. The van der Waals surface area contributed by atoms with Gasteiger partial charge in [-0.1, -0.05) is 6.07 Å². The third-order valence-electron chi connectivity index (χ3n) is 3.49. The maximum Gasteiger partial charge on any atom is 0.224 e. The highest BCUT2D eigenvalue weighted by Gasteiger charge is 2.47. The summed E-state index contributed by atoms with van der Waals surface area (Å²) in [5.41, 5.74) is 0.818. The zero-order chi connectivity index (χ0) is 15.2. The lowest BCUT2D eigenvalue weighted by Gasteiger charge is -2.10. The molecule has 1 saturated carbocycles. The third-order valence-corrected chi connectivity index (χ3v) is 3.49. The highest BCUT2D eigenvalue weighted by Crippen LogP contribution is 2.38. The molecule has 1 aromatic rings. The van der Waals surface area contributed by atoms with Gasteiger partial charge < -0.3 is 15.5 Å². The summed E-state index contributed by atoms with van der Waals surface area (Å²) >= 11 is 0. The molecule has 0 bridgehead atoms. The highest BCUT2D eigenvalue weighted by atomic mass is 16.2. The zero-order valence-electron chi connectivity index (χ0n) is 12.5. The van der Waals surface area contributed by atoms with Crippen LogP contribution in [-0.4, -0.2) is 48.9 Å². The van der Waals surface area contributed by atoms with E-state index in [1.54, 1.807) is 6.20 Å². The first-order chi connectivity index (χ1) is 10.1. The molecule has 1 aliphatic rings. The van der Waals surface area contributed by atoms with E-state index in [4.69, 9.17) is 0 Å². The lowest BCUT2D eigenvalue weighted by molar-refractivity contribution is -0.127. The molecule has 1 heterocycles. The summed E-state index contributed by atoms with van der Waals surface area (Å²) in [5, 5.41) is 5.69. The van der Waals surface area contributed by atoms with E-state index in [1.807, 2.05) is 37.2 Å². The summed E-state index contributed by atoms with van der Waals surface area (Å²) in [6.45, 7) is 1.82. The van der Waals surface area contributed by atoms with Gasteiger partial charge in [-0.25, -0.2) is 0 Å². The Balaban J connectivity index is 1.67. The molecule has 2 amide bonds. The normalized spacial score (nSPS) is 20.1. The fraction of sp³-hybridized carbons (Fsp3) is 0.533. The second-order valence-corrected chi connectivity index (χ2v) is 5.58. The first-order valence-corrected chi connectivity index (χ1v) is 7.18. The summed E-state index contributed by atoms with van der Waals surface area (Å²) in [7, 11) is 3.91. The molecule has 2 atom stereocenters. The fourth-order valence-electron chi connectivity index (χ4n) is 2.12. The lowest BCUT2D eigenvalue weighted by Crippen LogP contribution is -2.34. The van der Waals surface area contributed by atoms with Crippen LogP contribution in [-0.2, 0) is 16.1 Å². The predicted molar refractivity (Wildman–Crippen MR) is 79.2 cm³/mol. The third kappa shape index (κ3) is 4.82. The molecule has 2 unspecified atom stereocenters. The Kier molecular flexibility index (Phi) is 5.27. The van der Waals surface area contributed by atoms with Gasteiger partial charge in [0, 0.05) is 19.3 Å². The Labute approximate surface area is 124 Å². The van der Waals surface area contributed by atoms with Crippen LogP contribution < -0.4 is 10.6 Å². The van der Waals surface area contributed by atoms with Crippen molar-refractivity contribution in [2.24, 2.45) is 11.8 Å². The molecule has 6 nitrogen and oxygen atoms in total. The Morgan fingerprint density at radius 1 is 1.24 bits per heavy atom. The number of likely N-dealkylation sites (N-methyl/N-ethyl adjacent to an activating group) is 1. The Bertz CT molecular complexity index is 490. The first-order valence-electron chi connectivity index (χ1n) is 7.18. The van der Waals surface area contributed by atoms with E-state index in [9.17, 15) is 9.59 Å². The van der Waals surface area contributed by atoms with Crippen molar-refractivity contribution in [2.75, 3.05) is 27.2 Å². The van der Waals surface area contributed by atoms with Crippen molar-refractivity contribution in [2.45, 2.75) is 13.0 Å². The Hall–Kier alpha value is -1.95. The number of carbonyl (C=O) groups excluding carboxylic acids is 2. The highest BCUT2D eigenvalue weighted by molar-refractivity contribution is 5.92. The molecule has 21 heavy (non-hydrogen) atoms. The van der Waals surface area contributed by atoms with Crippen molar-refractivity contribution in [1.29, 1.82) is 0 Å². The van der Waals surface area contributed by atoms with Gasteiger partial charge in [0.2, 0.25) is 11.8 Å². The fourth-order valence-corrected chi connectivity index (χ4v) is 2.12. The summed E-state index contributed by atoms with van der Waals surface area (Å²) in [5.74, 6) is -0.438. The van der Waals surface area contributed by atoms with Gasteiger partial charge in [-0.15, -0.1) is 0 Å². The van der Waals surface area contributed by atoms with Gasteiger partial charge in [0.1, 0.15) is 0 Å². The molecule has 0 saturated heterocycles. The average Bonchev–Trinajstić information content (AvgIpc) is 3.26. The van der Waals surface area contributed by atoms with Gasteiger partial charge in [0.05, 0.1) is 24.1 Å². The molecule has 0 aliphatic heterocycles. The van der Waals surface area contributed by atoms with E-state index in [2.05, 4.69) is 15.6 Å². The van der Waals surface area contributed by atoms with Gasteiger partial charge in [-0.3, -0.25) is 14.6 Å². The smallest absolute Gasteiger partial charge is 0.224 e. The van der Waals surface area contributed by atoms with E-state index < -0.39 is 0 Å². The maximum atomic E-state index is 11.9. The number of nitrogens with zero attached hydrogens (tertiary/aromatic N) is 2. The lowest BCUT2D eigenvalue weighted by atomic mass is 10.2. The van der Waals surface area contributed by atoms with Crippen LogP contribution in [0, 0.1) is 11.8 Å². The van der Waals surface area contributed by atoms with Crippen LogP contribution in [0.1, 0.15) is 12.1 Å². The number of pyridine rings is 1. The molecule has 114 valence electrons. The molecule has 6 heteroatoms. The molecule has 2 N–H and O–H groups in total. The van der Waals surface area contributed by atoms with E-state index in [0.717, 1.165) is 12.2 Å². The minimum atomic E-state index is -0.187. The van der Waals surface area contributed by atoms with Gasteiger partial charge in [-0.05, 0) is 32.6 Å². The minimum Gasteiger partial charge on any atom is -0.355 e. The number of amides is 2. The number of hydrogen-bond acceptors (Lipinski definition) is 4. The molecule has 1 aromatic heterocycles. The van der Waals surface area contributed by atoms with Crippen molar-refractivity contribution < 1.29 is 9.59 Å². The molecule has 1 aliphatic carbocycles. The number of nitrogens with one attached hydrogen (secondary N) is 2. The second kappa shape index (κ2) is 7.17. The monoisotopic (exact) mass is 290 g/mol. The molecule has 0 spiro atoms. The number of aromatic nitrogens is 1. The van der Waals surface area contributed by atoms with Crippen molar-refractivity contribution in [3.05, 3.63) is 30.1 Å². The Morgan fingerprint density at radius 3 is 2.57 bits per heavy atom. The van der Waals surface area contributed by atoms with Crippen LogP contribution in [0.4, 0.5) is 0 Å². The maximum absolute atomic E-state index is 11.9. The second-order valence-electron chi connectivity index (χ2n) is 5.58. The molecule has 0 aromatic carbocycles. The first kappa shape index (κ1) is 15.4. The van der Waals surface area contributed by atoms with Gasteiger partial charge >= 0.3 is 0 Å². The predicted octanol–water partition coefficient (Wildman–Crippen LogP) is 0.0117. The van der Waals surface area contributed by atoms with E-state index >= 15 is 0 Å². The Morgan fingerprint density at radius 2 is 1.95 bits per heavy atom. The van der Waals surface area contributed by atoms with Crippen molar-refractivity contribution >= 4 is 11.8 Å². The van der Waals surface area contributed by atoms with E-state index in [0.29, 0.717) is 19.5 Å². The van der Waals surface area contributed by atoms with E-state index in [-0.39, 0.29) is 23.7 Å². The van der Waals surface area contributed by atoms with Crippen LogP contribution in [0.3, 0.4) is 0 Å². The molecular formula is C15H22N4O2. The van der Waals surface area contributed by atoms with Crippen molar-refractivity contribution in [3.8, 4) is 0 Å². The topological polar surface area (TPSA) is 74.3 Å². The number of carbonyl (C=O) groups is 2. The van der Waals surface area contributed by atoms with Crippen molar-refractivity contribution in [3.63, 3.8) is 0 Å². The SMILES string of the molecule is CN(C)CCNC(=O)C1CC1C(=O)NCc1ccccn1. The summed E-state index contributed by atoms with van der Waals surface area (Å²) < 4.78 is 0. The van der Waals surface area contributed by atoms with Gasteiger partial charge in [-0.2, -0.15) is 0 Å². The largest absolute Gasteiger partial charge is 0.355 e. The summed E-state index contributed by atoms with van der Waals surface area (Å²) in [6.07, 6.45) is 2.33. The van der Waals surface area contributed by atoms with Gasteiger partial charge in [0.15, 0.2) is 0 Å². The van der Waals surface area contributed by atoms with Crippen LogP contribution in [0.25, 0.3) is 0 Å². The summed E-state index contributed by atoms with van der Waals surface area (Å²) in [6, 6.07) is 5.57. The standard InChI is InChI=1S/C15H22N4O2/c1-19(2)8-7-17-14(20)12-9-13(12)15(21)18-10-11-5-3-4-6-16-11/h3-6,12-13H,7-10H2,1-2H3,(H,17,20)(H,18,21). The minimum absolute atomic E-state index is 0.0187. The number of hydrogen-bond donors (Lipinski definition) is 2. The molecule has 1 fully saturated rings. The van der Waals surface area contributed by atoms with Crippen LogP contribution in [0.5, 0.6) is 0 Å². The zero-order valence-corrected chi connectivity index (χ0v) is 12.5. The molecule has 0 radical (unpaired) electrons. The van der Waals surface area contributed by atoms with Crippen molar-refractivity contribution in [1.82, 2.24) is 20.5 Å². The summed E-state index contributed by atoms with van der Waals surface area (Å²) in [4.78, 5) is 29.9. The molecular weight excluding hydrogens is 268 g/mol. The molecule has 2 rings (SSSR count). The van der Waals surface area contributed by atoms with Crippen LogP contribution >= 0.6 is 0 Å². The average molecular weight is 290 g/mol.